The van der Waals surface area contributed by atoms with Crippen molar-refractivity contribution in [3.8, 4) is 11.8 Å². The van der Waals surface area contributed by atoms with Gasteiger partial charge in [-0.3, -0.25) is 9.78 Å². The second-order valence-electron chi connectivity index (χ2n) is 5.11. The van der Waals surface area contributed by atoms with E-state index in [2.05, 4.69) is 30.7 Å². The summed E-state index contributed by atoms with van der Waals surface area (Å²) in [5, 5.41) is 9.01. The van der Waals surface area contributed by atoms with Gasteiger partial charge in [0.15, 0.2) is 0 Å². The highest BCUT2D eigenvalue weighted by Gasteiger charge is 2.12. The Hall–Kier alpha value is -1.86. The second-order valence-corrected chi connectivity index (χ2v) is 5.11. The lowest BCUT2D eigenvalue weighted by atomic mass is 10.1. The molecule has 4 nitrogen and oxygen atoms in total. The first kappa shape index (κ1) is 16.2. The van der Waals surface area contributed by atoms with Crippen molar-refractivity contribution in [3.05, 3.63) is 29.6 Å². The van der Waals surface area contributed by atoms with Gasteiger partial charge in [0.1, 0.15) is 11.8 Å². The van der Waals surface area contributed by atoms with E-state index in [1.54, 1.807) is 31.1 Å². The van der Waals surface area contributed by atoms with Crippen LogP contribution in [0.5, 0.6) is 0 Å². The fourth-order valence-electron chi connectivity index (χ4n) is 1.61. The van der Waals surface area contributed by atoms with Crippen LogP contribution in [0.15, 0.2) is 18.3 Å². The number of aliphatic hydroxyl groups is 1. The first-order valence-electron chi connectivity index (χ1n) is 6.79. The summed E-state index contributed by atoms with van der Waals surface area (Å²) in [5.41, 5.74) is 1.56. The molecule has 108 valence electrons. The number of hydrogen-bond donors (Lipinski definition) is 1. The summed E-state index contributed by atoms with van der Waals surface area (Å²) < 4.78 is 0. The number of carbonyl (C=O) groups excluding carboxylic acids is 1. The first-order chi connectivity index (χ1) is 9.41. The molecule has 1 amide bonds. The highest BCUT2D eigenvalue weighted by molar-refractivity contribution is 5.92. The molecule has 0 saturated carbocycles. The molecule has 0 aliphatic carbocycles. The predicted octanol–water partition coefficient (Wildman–Crippen LogP) is 2.05. The number of hydrogen-bond acceptors (Lipinski definition) is 3. The summed E-state index contributed by atoms with van der Waals surface area (Å²) >= 11 is 0. The third-order valence-corrected chi connectivity index (χ3v) is 2.90. The minimum Gasteiger partial charge on any atom is -0.381 e. The average molecular weight is 274 g/mol. The zero-order valence-electron chi connectivity index (χ0n) is 12.6. The first-order valence-corrected chi connectivity index (χ1v) is 6.79. The van der Waals surface area contributed by atoms with Crippen LogP contribution < -0.4 is 0 Å². The van der Waals surface area contributed by atoms with Gasteiger partial charge in [0.25, 0.3) is 5.91 Å². The van der Waals surface area contributed by atoms with Crippen molar-refractivity contribution in [3.63, 3.8) is 0 Å². The summed E-state index contributed by atoms with van der Waals surface area (Å²) in [6.45, 7) is 6.31. The molecule has 0 aliphatic heterocycles. The van der Waals surface area contributed by atoms with Gasteiger partial charge < -0.3 is 10.0 Å². The number of rotatable bonds is 4. The Balaban J connectivity index is 2.59. The molecule has 4 heteroatoms. The van der Waals surface area contributed by atoms with E-state index in [4.69, 9.17) is 5.11 Å². The summed E-state index contributed by atoms with van der Waals surface area (Å²) in [4.78, 5) is 17.9. The zero-order chi connectivity index (χ0) is 15.1. The summed E-state index contributed by atoms with van der Waals surface area (Å²) in [6.07, 6.45) is 1.66. The summed E-state index contributed by atoms with van der Waals surface area (Å²) in [5.74, 6) is 5.77. The number of amides is 1. The Morgan fingerprint density at radius 2 is 2.10 bits per heavy atom. The number of nitrogens with zero attached hydrogens (tertiary/aromatic N) is 2. The third kappa shape index (κ3) is 5.02. The van der Waals surface area contributed by atoms with Gasteiger partial charge in [-0.2, -0.15) is 0 Å². The minimum absolute atomic E-state index is 0.112. The maximum Gasteiger partial charge on any atom is 0.272 e. The van der Waals surface area contributed by atoms with E-state index >= 15 is 0 Å². The lowest BCUT2D eigenvalue weighted by Crippen LogP contribution is -2.28. The highest BCUT2D eigenvalue weighted by Crippen LogP contribution is 2.13. The van der Waals surface area contributed by atoms with Gasteiger partial charge in [0.2, 0.25) is 0 Å². The van der Waals surface area contributed by atoms with Crippen LogP contribution in [0.25, 0.3) is 0 Å². The molecule has 0 radical (unpaired) electrons. The Morgan fingerprint density at radius 1 is 1.40 bits per heavy atom. The molecule has 1 rings (SSSR count). The smallest absolute Gasteiger partial charge is 0.272 e. The molecule has 1 aromatic heterocycles. The lowest BCUT2D eigenvalue weighted by molar-refractivity contribution is 0.0792. The molecule has 0 fully saturated rings. The molecule has 1 unspecified atom stereocenters. The molecule has 0 saturated heterocycles. The molecular formula is C16H22N2O2. The Morgan fingerprint density at radius 3 is 2.60 bits per heavy atom. The fourth-order valence-corrected chi connectivity index (χ4v) is 1.61. The molecule has 20 heavy (non-hydrogen) atoms. The van der Waals surface area contributed by atoms with E-state index in [1.807, 2.05) is 6.07 Å². The van der Waals surface area contributed by atoms with Crippen molar-refractivity contribution in [1.82, 2.24) is 9.88 Å². The number of aliphatic hydroxyl groups excluding tert-OH is 1. The Kier molecular flexibility index (Phi) is 6.20. The predicted molar refractivity (Wildman–Crippen MR) is 79.4 cm³/mol. The molecule has 0 bridgehead atoms. The second kappa shape index (κ2) is 7.66. The van der Waals surface area contributed by atoms with Crippen LogP contribution in [0.1, 0.15) is 49.2 Å². The van der Waals surface area contributed by atoms with E-state index in [0.717, 1.165) is 5.56 Å². The molecule has 0 aromatic carbocycles. The van der Waals surface area contributed by atoms with Gasteiger partial charge in [-0.1, -0.05) is 31.8 Å². The fraction of sp³-hybridized carbons (Fsp3) is 0.500. The van der Waals surface area contributed by atoms with Crippen LogP contribution >= 0.6 is 0 Å². The molecule has 0 spiro atoms. The van der Waals surface area contributed by atoms with E-state index in [9.17, 15) is 4.79 Å². The van der Waals surface area contributed by atoms with Gasteiger partial charge in [-0.05, 0) is 24.5 Å². The van der Waals surface area contributed by atoms with Gasteiger partial charge in [-0.15, -0.1) is 0 Å². The molecule has 1 heterocycles. The quantitative estimate of drug-likeness (QED) is 0.855. The number of pyridine rings is 1. The normalized spacial score (nSPS) is 11.7. The zero-order valence-corrected chi connectivity index (χ0v) is 12.6. The Labute approximate surface area is 120 Å². The lowest BCUT2D eigenvalue weighted by Gasteiger charge is -2.15. The topological polar surface area (TPSA) is 53.4 Å². The van der Waals surface area contributed by atoms with Crippen molar-refractivity contribution in [1.29, 1.82) is 0 Å². The maximum atomic E-state index is 12.1. The SMILES string of the molecule is CC(O)C#CCCN(C)C(=O)c1ccc(C(C)C)cn1. The molecule has 1 aromatic rings. The minimum atomic E-state index is -0.624. The maximum absolute atomic E-state index is 12.1. The highest BCUT2D eigenvalue weighted by atomic mass is 16.3. The van der Waals surface area contributed by atoms with Gasteiger partial charge >= 0.3 is 0 Å². The monoisotopic (exact) mass is 274 g/mol. The number of carbonyl (C=O) groups is 1. The van der Waals surface area contributed by atoms with Crippen LogP contribution in [0.2, 0.25) is 0 Å². The van der Waals surface area contributed by atoms with Crippen molar-refractivity contribution in [2.45, 2.75) is 39.2 Å². The van der Waals surface area contributed by atoms with Crippen molar-refractivity contribution in [2.24, 2.45) is 0 Å². The van der Waals surface area contributed by atoms with Crippen molar-refractivity contribution < 1.29 is 9.90 Å². The molecular weight excluding hydrogens is 252 g/mol. The molecule has 1 N–H and O–H groups in total. The van der Waals surface area contributed by atoms with Crippen molar-refractivity contribution >= 4 is 5.91 Å². The largest absolute Gasteiger partial charge is 0.381 e. The van der Waals surface area contributed by atoms with E-state index in [0.29, 0.717) is 24.6 Å². The molecule has 0 aliphatic rings. The van der Waals surface area contributed by atoms with Gasteiger partial charge in [-0.25, -0.2) is 0 Å². The van der Waals surface area contributed by atoms with E-state index in [-0.39, 0.29) is 5.91 Å². The summed E-state index contributed by atoms with van der Waals surface area (Å²) in [7, 11) is 1.73. The summed E-state index contributed by atoms with van der Waals surface area (Å²) in [6, 6.07) is 3.70. The van der Waals surface area contributed by atoms with Crippen molar-refractivity contribution in [2.75, 3.05) is 13.6 Å². The van der Waals surface area contributed by atoms with Crippen LogP contribution in [0, 0.1) is 11.8 Å². The average Bonchev–Trinajstić information content (AvgIpc) is 2.42. The Bertz CT molecular complexity index is 495. The van der Waals surface area contributed by atoms with Gasteiger partial charge in [0, 0.05) is 26.2 Å². The van der Waals surface area contributed by atoms with Crippen LogP contribution in [-0.2, 0) is 0 Å². The molecule has 1 atom stereocenters. The van der Waals surface area contributed by atoms with Gasteiger partial charge in [0.05, 0.1) is 0 Å². The third-order valence-electron chi connectivity index (χ3n) is 2.90. The van der Waals surface area contributed by atoms with Crippen LogP contribution in [-0.4, -0.2) is 40.6 Å². The standard InChI is InChI=1S/C16H22N2O2/c1-12(2)14-8-9-15(17-11-14)16(20)18(4)10-6-5-7-13(3)19/h8-9,11-13,19H,6,10H2,1-4H3. The van der Waals surface area contributed by atoms with Crippen LogP contribution in [0.4, 0.5) is 0 Å². The van der Waals surface area contributed by atoms with Crippen LogP contribution in [0.3, 0.4) is 0 Å². The van der Waals surface area contributed by atoms with E-state index < -0.39 is 6.10 Å². The van der Waals surface area contributed by atoms with E-state index in [1.165, 1.54) is 0 Å². The number of aromatic nitrogens is 1.